The van der Waals surface area contributed by atoms with Gasteiger partial charge in [0, 0.05) is 42.4 Å². The molecule has 3 aromatic rings. The molecule has 1 aromatic heterocycles. The number of rotatable bonds is 6. The molecule has 1 aliphatic heterocycles. The molecule has 6 nitrogen and oxygen atoms in total. The molecule has 0 aliphatic carbocycles. The SMILES string of the molecule is CC(C=C(N)C(N)=O)=Nc1ccc2c(ccn2Cc2ccc(C3=CCN(C)CC3C)cc2)c1. The van der Waals surface area contributed by atoms with Gasteiger partial charge in [0.2, 0.25) is 0 Å². The maximum Gasteiger partial charge on any atom is 0.264 e. The number of hydrogen-bond donors (Lipinski definition) is 2. The van der Waals surface area contributed by atoms with Crippen molar-refractivity contribution in [3.8, 4) is 0 Å². The van der Waals surface area contributed by atoms with E-state index >= 15 is 0 Å². The fourth-order valence-corrected chi connectivity index (χ4v) is 4.42. The van der Waals surface area contributed by atoms with E-state index in [1.54, 1.807) is 6.92 Å². The number of aromatic nitrogens is 1. The molecule has 4 rings (SSSR count). The summed E-state index contributed by atoms with van der Waals surface area (Å²) < 4.78 is 2.24. The number of primary amides is 1. The van der Waals surface area contributed by atoms with Gasteiger partial charge in [-0.25, -0.2) is 0 Å². The van der Waals surface area contributed by atoms with Gasteiger partial charge in [-0.3, -0.25) is 9.79 Å². The molecular formula is C27H31N5O. The van der Waals surface area contributed by atoms with Crippen LogP contribution in [0.1, 0.15) is 25.0 Å². The summed E-state index contributed by atoms with van der Waals surface area (Å²) in [4.78, 5) is 18.0. The highest BCUT2D eigenvalue weighted by Crippen LogP contribution is 2.28. The maximum atomic E-state index is 11.1. The lowest BCUT2D eigenvalue weighted by Gasteiger charge is -2.28. The molecule has 0 saturated heterocycles. The van der Waals surface area contributed by atoms with Crippen LogP contribution in [0.4, 0.5) is 5.69 Å². The van der Waals surface area contributed by atoms with Gasteiger partial charge in [0.05, 0.1) is 11.4 Å². The fraction of sp³-hybridized carbons (Fsp3) is 0.259. The van der Waals surface area contributed by atoms with Gasteiger partial charge in [0.25, 0.3) is 5.91 Å². The quantitative estimate of drug-likeness (QED) is 0.446. The zero-order valence-electron chi connectivity index (χ0n) is 19.5. The van der Waals surface area contributed by atoms with Crippen molar-refractivity contribution in [2.45, 2.75) is 20.4 Å². The molecule has 1 aliphatic rings. The number of benzene rings is 2. The first-order valence-electron chi connectivity index (χ1n) is 11.2. The Morgan fingerprint density at radius 1 is 1.15 bits per heavy atom. The van der Waals surface area contributed by atoms with E-state index in [1.165, 1.54) is 22.8 Å². The van der Waals surface area contributed by atoms with Gasteiger partial charge in [0.15, 0.2) is 0 Å². The van der Waals surface area contributed by atoms with Crippen molar-refractivity contribution in [2.24, 2.45) is 22.4 Å². The van der Waals surface area contributed by atoms with Crippen molar-refractivity contribution < 1.29 is 4.79 Å². The Kier molecular flexibility index (Phi) is 6.47. The van der Waals surface area contributed by atoms with Crippen LogP contribution in [0.3, 0.4) is 0 Å². The van der Waals surface area contributed by atoms with Gasteiger partial charge in [-0.2, -0.15) is 0 Å². The van der Waals surface area contributed by atoms with Crippen molar-refractivity contribution in [3.63, 3.8) is 0 Å². The first-order chi connectivity index (χ1) is 15.8. The van der Waals surface area contributed by atoms with Gasteiger partial charge in [-0.1, -0.05) is 37.3 Å². The molecule has 0 spiro atoms. The molecule has 1 atom stereocenters. The second-order valence-electron chi connectivity index (χ2n) is 8.88. The third kappa shape index (κ3) is 5.23. The van der Waals surface area contributed by atoms with Gasteiger partial charge in [-0.05, 0) is 66.9 Å². The molecule has 0 saturated carbocycles. The van der Waals surface area contributed by atoms with E-state index in [2.05, 4.69) is 77.1 Å². The second kappa shape index (κ2) is 9.46. The summed E-state index contributed by atoms with van der Waals surface area (Å²) in [5.74, 6) is -0.103. The first kappa shape index (κ1) is 22.6. The monoisotopic (exact) mass is 441 g/mol. The van der Waals surface area contributed by atoms with Gasteiger partial charge >= 0.3 is 0 Å². The van der Waals surface area contributed by atoms with Crippen LogP contribution in [0.15, 0.2) is 77.6 Å². The average molecular weight is 442 g/mol. The van der Waals surface area contributed by atoms with Crippen molar-refractivity contribution >= 4 is 33.8 Å². The van der Waals surface area contributed by atoms with Crippen molar-refractivity contribution in [1.82, 2.24) is 9.47 Å². The van der Waals surface area contributed by atoms with E-state index in [1.807, 2.05) is 12.1 Å². The second-order valence-corrected chi connectivity index (χ2v) is 8.88. The minimum atomic E-state index is -0.650. The molecule has 2 aromatic carbocycles. The normalized spacial score (nSPS) is 17.9. The molecule has 4 N–H and O–H groups in total. The number of likely N-dealkylation sites (N-methyl/N-ethyl adjacent to an activating group) is 1. The fourth-order valence-electron chi connectivity index (χ4n) is 4.42. The van der Waals surface area contributed by atoms with Crippen LogP contribution in [-0.2, 0) is 11.3 Å². The summed E-state index contributed by atoms with van der Waals surface area (Å²) in [5.41, 5.74) is 17.4. The number of allylic oxidation sites excluding steroid dienone is 1. The van der Waals surface area contributed by atoms with Crippen molar-refractivity contribution in [1.29, 1.82) is 0 Å². The van der Waals surface area contributed by atoms with E-state index in [9.17, 15) is 4.79 Å². The minimum absolute atomic E-state index is 0.00364. The van der Waals surface area contributed by atoms with Crippen LogP contribution in [0.5, 0.6) is 0 Å². The molecule has 33 heavy (non-hydrogen) atoms. The number of aliphatic imine (C=N–C) groups is 1. The highest BCUT2D eigenvalue weighted by molar-refractivity contribution is 6.03. The molecular weight excluding hydrogens is 410 g/mol. The number of nitrogens with zero attached hydrogens (tertiary/aromatic N) is 3. The van der Waals surface area contributed by atoms with Gasteiger partial charge in [-0.15, -0.1) is 0 Å². The summed E-state index contributed by atoms with van der Waals surface area (Å²) in [6.45, 7) is 7.00. The standard InChI is InChI=1S/C27H31N5O/c1-18-16-31(3)12-11-24(18)21-6-4-20(5-7-21)17-32-13-10-22-15-23(8-9-26(22)32)30-19(2)14-25(28)27(29)33/h4-11,13-15,18H,12,16-17,28H2,1-3H3,(H2,29,33). The van der Waals surface area contributed by atoms with Crippen LogP contribution in [-0.4, -0.2) is 41.2 Å². The van der Waals surface area contributed by atoms with Gasteiger partial charge in [0.1, 0.15) is 0 Å². The largest absolute Gasteiger partial charge is 0.394 e. The maximum absolute atomic E-state index is 11.1. The Bertz CT molecular complexity index is 1260. The summed E-state index contributed by atoms with van der Waals surface area (Å²) >= 11 is 0. The van der Waals surface area contributed by atoms with Crippen LogP contribution < -0.4 is 11.5 Å². The van der Waals surface area contributed by atoms with Crippen molar-refractivity contribution in [3.05, 3.63) is 83.7 Å². The van der Waals surface area contributed by atoms with E-state index < -0.39 is 5.91 Å². The molecule has 6 heteroatoms. The summed E-state index contributed by atoms with van der Waals surface area (Å²) in [5, 5.41) is 1.11. The van der Waals surface area contributed by atoms with E-state index in [0.29, 0.717) is 11.6 Å². The average Bonchev–Trinajstić information content (AvgIpc) is 3.16. The Balaban J connectivity index is 1.51. The highest BCUT2D eigenvalue weighted by Gasteiger charge is 2.17. The van der Waals surface area contributed by atoms with Crippen LogP contribution in [0, 0.1) is 5.92 Å². The van der Waals surface area contributed by atoms with Crippen LogP contribution in [0.25, 0.3) is 16.5 Å². The summed E-state index contributed by atoms with van der Waals surface area (Å²) in [7, 11) is 2.17. The predicted molar refractivity (Wildman–Crippen MR) is 136 cm³/mol. The van der Waals surface area contributed by atoms with Crippen LogP contribution in [0.2, 0.25) is 0 Å². The molecule has 170 valence electrons. The summed E-state index contributed by atoms with van der Waals surface area (Å²) in [6.07, 6.45) is 5.94. The number of hydrogen-bond acceptors (Lipinski definition) is 4. The Morgan fingerprint density at radius 2 is 1.91 bits per heavy atom. The lowest BCUT2D eigenvalue weighted by atomic mass is 9.90. The van der Waals surface area contributed by atoms with Crippen LogP contribution >= 0.6 is 0 Å². The molecule has 0 bridgehead atoms. The zero-order chi connectivity index (χ0) is 23.5. The molecule has 1 unspecified atom stereocenters. The van der Waals surface area contributed by atoms with Crippen molar-refractivity contribution in [2.75, 3.05) is 20.1 Å². The van der Waals surface area contributed by atoms with Gasteiger partial charge < -0.3 is 20.9 Å². The number of carbonyl (C=O) groups excluding carboxylic acids is 1. The first-order valence-corrected chi connectivity index (χ1v) is 11.2. The predicted octanol–water partition coefficient (Wildman–Crippen LogP) is 4.07. The third-order valence-corrected chi connectivity index (χ3v) is 6.09. The number of fused-ring (bicyclic) bond motifs is 1. The lowest BCUT2D eigenvalue weighted by Crippen LogP contribution is -2.29. The Morgan fingerprint density at radius 3 is 2.61 bits per heavy atom. The van der Waals surface area contributed by atoms with E-state index in [4.69, 9.17) is 11.5 Å². The molecule has 2 heterocycles. The lowest BCUT2D eigenvalue weighted by molar-refractivity contribution is -0.114. The van der Waals surface area contributed by atoms with E-state index in [0.717, 1.165) is 36.2 Å². The zero-order valence-corrected chi connectivity index (χ0v) is 19.5. The minimum Gasteiger partial charge on any atom is -0.394 e. The van der Waals surface area contributed by atoms with E-state index in [-0.39, 0.29) is 5.70 Å². The smallest absolute Gasteiger partial charge is 0.264 e. The molecule has 0 fully saturated rings. The summed E-state index contributed by atoms with van der Waals surface area (Å²) in [6, 6.07) is 17.1. The third-order valence-electron chi connectivity index (χ3n) is 6.09. The highest BCUT2D eigenvalue weighted by atomic mass is 16.1. The Labute approximate surface area is 194 Å². The topological polar surface area (TPSA) is 89.6 Å². The number of carbonyl (C=O) groups is 1. The number of nitrogens with two attached hydrogens (primary N) is 2. The molecule has 1 amide bonds. The number of amides is 1. The Hall–Kier alpha value is -3.64. The molecule has 0 radical (unpaired) electrons.